The van der Waals surface area contributed by atoms with Crippen LogP contribution in [0.4, 0.5) is 4.39 Å². The van der Waals surface area contributed by atoms with Crippen molar-refractivity contribution in [3.63, 3.8) is 0 Å². The van der Waals surface area contributed by atoms with Crippen molar-refractivity contribution < 1.29 is 18.7 Å². The summed E-state index contributed by atoms with van der Waals surface area (Å²) in [5.74, 6) is -0.557. The molecule has 0 bridgehead atoms. The van der Waals surface area contributed by atoms with Crippen molar-refractivity contribution in [2.45, 2.75) is 13.0 Å². The number of aryl methyl sites for hydroxylation is 1. The summed E-state index contributed by atoms with van der Waals surface area (Å²) in [6.07, 6.45) is 0.182. The minimum absolute atomic E-state index is 0.0670. The van der Waals surface area contributed by atoms with E-state index >= 15 is 0 Å². The van der Waals surface area contributed by atoms with Crippen molar-refractivity contribution in [2.75, 3.05) is 6.54 Å². The van der Waals surface area contributed by atoms with Crippen LogP contribution < -0.4 is 5.32 Å². The van der Waals surface area contributed by atoms with Gasteiger partial charge in [0.1, 0.15) is 5.82 Å². The predicted molar refractivity (Wildman–Crippen MR) is 90.4 cm³/mol. The second-order valence-corrected chi connectivity index (χ2v) is 5.68. The van der Waals surface area contributed by atoms with E-state index in [-0.39, 0.29) is 12.2 Å². The smallest absolute Gasteiger partial charge is 0.274 e. The Hall–Kier alpha value is -2.99. The molecule has 1 heterocycles. The van der Waals surface area contributed by atoms with Crippen LogP contribution in [-0.2, 0) is 0 Å². The topological polar surface area (TPSA) is 75.4 Å². The Kier molecular flexibility index (Phi) is 4.90. The van der Waals surface area contributed by atoms with Crippen LogP contribution in [0.15, 0.2) is 59.3 Å². The number of carbonyl (C=O) groups is 1. The van der Waals surface area contributed by atoms with Crippen LogP contribution in [-0.4, -0.2) is 22.5 Å². The number of hydrogen-bond donors (Lipinski definition) is 2. The van der Waals surface area contributed by atoms with E-state index < -0.39 is 17.8 Å². The van der Waals surface area contributed by atoms with Crippen LogP contribution in [0.1, 0.15) is 27.7 Å². The molecule has 1 atom stereocenters. The molecule has 1 amide bonds. The number of rotatable bonds is 5. The van der Waals surface area contributed by atoms with Crippen molar-refractivity contribution in [1.29, 1.82) is 0 Å². The Labute approximate surface area is 144 Å². The molecular formula is C19H17FN2O3. The van der Waals surface area contributed by atoms with E-state index in [1.54, 1.807) is 6.07 Å². The summed E-state index contributed by atoms with van der Waals surface area (Å²) in [5.41, 5.74) is 2.35. The second-order valence-electron chi connectivity index (χ2n) is 5.68. The molecule has 0 spiro atoms. The molecular weight excluding hydrogens is 323 g/mol. The first kappa shape index (κ1) is 16.9. The standard InChI is InChI=1S/C19H17FN2O3/c1-12-5-7-13(8-6-12)18-17(22-11-25-18)19(24)21-10-16(23)14-3-2-4-15(20)9-14/h2-9,11,16,23H,10H2,1H3,(H,21,24)/t16-/m0/s1. The zero-order valence-electron chi connectivity index (χ0n) is 13.6. The highest BCUT2D eigenvalue weighted by atomic mass is 19.1. The third-order valence-electron chi connectivity index (χ3n) is 3.79. The minimum Gasteiger partial charge on any atom is -0.443 e. The SMILES string of the molecule is Cc1ccc(-c2ocnc2C(=O)NC[C@H](O)c2cccc(F)c2)cc1. The molecule has 25 heavy (non-hydrogen) atoms. The molecule has 5 nitrogen and oxygen atoms in total. The summed E-state index contributed by atoms with van der Waals surface area (Å²) in [4.78, 5) is 16.3. The van der Waals surface area contributed by atoms with Gasteiger partial charge in [0.05, 0.1) is 6.10 Å². The summed E-state index contributed by atoms with van der Waals surface area (Å²) >= 11 is 0. The number of hydrogen-bond acceptors (Lipinski definition) is 4. The highest BCUT2D eigenvalue weighted by molar-refractivity contribution is 5.97. The maximum Gasteiger partial charge on any atom is 0.274 e. The molecule has 0 aliphatic carbocycles. The van der Waals surface area contributed by atoms with Crippen LogP contribution in [0, 0.1) is 12.7 Å². The molecule has 2 N–H and O–H groups in total. The monoisotopic (exact) mass is 340 g/mol. The van der Waals surface area contributed by atoms with E-state index in [2.05, 4.69) is 10.3 Å². The zero-order chi connectivity index (χ0) is 17.8. The van der Waals surface area contributed by atoms with Gasteiger partial charge in [0.2, 0.25) is 0 Å². The Morgan fingerprint density at radius 1 is 1.28 bits per heavy atom. The lowest BCUT2D eigenvalue weighted by molar-refractivity contribution is 0.0912. The quantitative estimate of drug-likeness (QED) is 0.747. The molecule has 2 aromatic carbocycles. The predicted octanol–water partition coefficient (Wildman–Crippen LogP) is 3.25. The number of amides is 1. The number of carbonyl (C=O) groups excluding carboxylic acids is 1. The summed E-state index contributed by atoms with van der Waals surface area (Å²) in [6.45, 7) is 1.90. The van der Waals surface area contributed by atoms with Gasteiger partial charge in [-0.3, -0.25) is 4.79 Å². The normalized spacial score (nSPS) is 12.0. The number of benzene rings is 2. The van der Waals surface area contributed by atoms with E-state index in [1.807, 2.05) is 31.2 Å². The first-order valence-electron chi connectivity index (χ1n) is 7.77. The van der Waals surface area contributed by atoms with Crippen LogP contribution in [0.5, 0.6) is 0 Å². The molecule has 0 radical (unpaired) electrons. The fraction of sp³-hybridized carbons (Fsp3) is 0.158. The van der Waals surface area contributed by atoms with Crippen molar-refractivity contribution in [3.05, 3.63) is 77.6 Å². The maximum atomic E-state index is 13.2. The Morgan fingerprint density at radius 3 is 2.76 bits per heavy atom. The molecule has 0 saturated heterocycles. The fourth-order valence-electron chi connectivity index (χ4n) is 2.42. The highest BCUT2D eigenvalue weighted by Gasteiger charge is 2.19. The Morgan fingerprint density at radius 2 is 2.04 bits per heavy atom. The molecule has 6 heteroatoms. The molecule has 0 aliphatic rings. The number of aromatic nitrogens is 1. The first-order valence-corrected chi connectivity index (χ1v) is 7.77. The zero-order valence-corrected chi connectivity index (χ0v) is 13.6. The molecule has 3 aromatic rings. The minimum atomic E-state index is -1.02. The van der Waals surface area contributed by atoms with Gasteiger partial charge in [0, 0.05) is 12.1 Å². The van der Waals surface area contributed by atoms with E-state index in [1.165, 1.54) is 24.6 Å². The molecule has 3 rings (SSSR count). The highest BCUT2D eigenvalue weighted by Crippen LogP contribution is 2.23. The van der Waals surface area contributed by atoms with Gasteiger partial charge in [-0.1, -0.05) is 42.0 Å². The fourth-order valence-corrected chi connectivity index (χ4v) is 2.42. The molecule has 1 aromatic heterocycles. The van der Waals surface area contributed by atoms with E-state index in [4.69, 9.17) is 4.42 Å². The summed E-state index contributed by atoms with van der Waals surface area (Å²) < 4.78 is 18.5. The van der Waals surface area contributed by atoms with Gasteiger partial charge in [0.15, 0.2) is 17.8 Å². The van der Waals surface area contributed by atoms with Gasteiger partial charge in [-0.15, -0.1) is 0 Å². The van der Waals surface area contributed by atoms with Gasteiger partial charge in [-0.25, -0.2) is 9.37 Å². The summed E-state index contributed by atoms with van der Waals surface area (Å²) in [6, 6.07) is 13.1. The summed E-state index contributed by atoms with van der Waals surface area (Å²) in [7, 11) is 0. The lowest BCUT2D eigenvalue weighted by Crippen LogP contribution is -2.29. The Balaban J connectivity index is 1.70. The number of nitrogens with one attached hydrogen (secondary N) is 1. The van der Waals surface area contributed by atoms with Gasteiger partial charge < -0.3 is 14.8 Å². The molecule has 0 unspecified atom stereocenters. The molecule has 0 saturated carbocycles. The summed E-state index contributed by atoms with van der Waals surface area (Å²) in [5, 5.41) is 12.7. The number of oxazole rings is 1. The lowest BCUT2D eigenvalue weighted by atomic mass is 10.1. The van der Waals surface area contributed by atoms with Gasteiger partial charge in [-0.05, 0) is 24.6 Å². The van der Waals surface area contributed by atoms with Crippen molar-refractivity contribution in [3.8, 4) is 11.3 Å². The van der Waals surface area contributed by atoms with Gasteiger partial charge >= 0.3 is 0 Å². The lowest BCUT2D eigenvalue weighted by Gasteiger charge is -2.12. The van der Waals surface area contributed by atoms with Crippen LogP contribution in [0.3, 0.4) is 0 Å². The first-order chi connectivity index (χ1) is 12.0. The third kappa shape index (κ3) is 3.92. The van der Waals surface area contributed by atoms with Gasteiger partial charge in [0.25, 0.3) is 5.91 Å². The van der Waals surface area contributed by atoms with E-state index in [9.17, 15) is 14.3 Å². The number of aliphatic hydroxyl groups is 1. The Bertz CT molecular complexity index is 874. The number of aliphatic hydroxyl groups excluding tert-OH is 1. The average molecular weight is 340 g/mol. The van der Waals surface area contributed by atoms with Crippen molar-refractivity contribution >= 4 is 5.91 Å². The van der Waals surface area contributed by atoms with Gasteiger partial charge in [-0.2, -0.15) is 0 Å². The number of nitrogens with zero attached hydrogens (tertiary/aromatic N) is 1. The van der Waals surface area contributed by atoms with Crippen molar-refractivity contribution in [2.24, 2.45) is 0 Å². The third-order valence-corrected chi connectivity index (χ3v) is 3.79. The molecule has 128 valence electrons. The van der Waals surface area contributed by atoms with Crippen molar-refractivity contribution in [1.82, 2.24) is 10.3 Å². The van der Waals surface area contributed by atoms with E-state index in [0.717, 1.165) is 11.1 Å². The number of halogens is 1. The second kappa shape index (κ2) is 7.27. The average Bonchev–Trinajstić information content (AvgIpc) is 3.10. The van der Waals surface area contributed by atoms with E-state index in [0.29, 0.717) is 11.3 Å². The molecule has 0 aliphatic heterocycles. The van der Waals surface area contributed by atoms with Crippen LogP contribution in [0.2, 0.25) is 0 Å². The van der Waals surface area contributed by atoms with Crippen LogP contribution >= 0.6 is 0 Å². The maximum absolute atomic E-state index is 13.2. The molecule has 0 fully saturated rings. The van der Waals surface area contributed by atoms with Crippen LogP contribution in [0.25, 0.3) is 11.3 Å². The largest absolute Gasteiger partial charge is 0.443 e.